The van der Waals surface area contributed by atoms with Gasteiger partial charge in [-0.05, 0) is 0 Å². The predicted molar refractivity (Wildman–Crippen MR) is 58.4 cm³/mol. The van der Waals surface area contributed by atoms with Crippen molar-refractivity contribution in [2.75, 3.05) is 19.0 Å². The molecule has 1 fully saturated rings. The van der Waals surface area contributed by atoms with Gasteiger partial charge >= 0.3 is 5.97 Å². The standard InChI is InChI=1S/C9H15BrO7/c1-15-8-4(3-16-5(11)2-10)17-9(14)7(13)6(8)12/h4,6-9,12-14H,2-3H2,1H3/t4-,6-,7+,8-,9-/m1/s1. The van der Waals surface area contributed by atoms with Crippen molar-refractivity contribution in [2.24, 2.45) is 0 Å². The largest absolute Gasteiger partial charge is 0.462 e. The summed E-state index contributed by atoms with van der Waals surface area (Å²) >= 11 is 2.92. The maximum absolute atomic E-state index is 10.9. The molecule has 5 atom stereocenters. The average Bonchev–Trinajstić information content (AvgIpc) is 2.33. The highest BCUT2D eigenvalue weighted by molar-refractivity contribution is 9.09. The Balaban J connectivity index is 2.59. The van der Waals surface area contributed by atoms with Crippen LogP contribution in [0.25, 0.3) is 0 Å². The Morgan fingerprint density at radius 1 is 1.35 bits per heavy atom. The van der Waals surface area contributed by atoms with Crippen molar-refractivity contribution in [3.8, 4) is 0 Å². The van der Waals surface area contributed by atoms with Crippen LogP contribution in [-0.2, 0) is 19.0 Å². The molecule has 17 heavy (non-hydrogen) atoms. The molecule has 0 spiro atoms. The van der Waals surface area contributed by atoms with Crippen LogP contribution < -0.4 is 0 Å². The second-order valence-electron chi connectivity index (χ2n) is 3.56. The number of halogens is 1. The minimum atomic E-state index is -1.54. The highest BCUT2D eigenvalue weighted by Gasteiger charge is 2.44. The number of ether oxygens (including phenoxy) is 3. The molecular formula is C9H15BrO7. The predicted octanol–water partition coefficient (Wildman–Crippen LogP) is -1.62. The molecule has 100 valence electrons. The Labute approximate surface area is 106 Å². The number of carbonyl (C=O) groups excluding carboxylic acids is 1. The fraction of sp³-hybridized carbons (Fsp3) is 0.889. The van der Waals surface area contributed by atoms with E-state index in [-0.39, 0.29) is 11.9 Å². The minimum absolute atomic E-state index is 0.0328. The zero-order chi connectivity index (χ0) is 13.0. The molecule has 0 unspecified atom stereocenters. The van der Waals surface area contributed by atoms with Crippen molar-refractivity contribution < 1.29 is 34.3 Å². The van der Waals surface area contributed by atoms with E-state index in [0.29, 0.717) is 0 Å². The van der Waals surface area contributed by atoms with Gasteiger partial charge in [-0.3, -0.25) is 4.79 Å². The number of aliphatic hydroxyl groups is 3. The first-order valence-corrected chi connectivity index (χ1v) is 6.07. The number of esters is 1. The Kier molecular flexibility index (Phi) is 5.77. The first kappa shape index (κ1) is 14.8. The van der Waals surface area contributed by atoms with Crippen LogP contribution >= 0.6 is 15.9 Å². The quantitative estimate of drug-likeness (QED) is 0.423. The van der Waals surface area contributed by atoms with Gasteiger partial charge in [-0.25, -0.2) is 0 Å². The molecule has 0 amide bonds. The monoisotopic (exact) mass is 314 g/mol. The number of methoxy groups -OCH3 is 1. The fourth-order valence-corrected chi connectivity index (χ4v) is 1.72. The van der Waals surface area contributed by atoms with Crippen molar-refractivity contribution in [1.82, 2.24) is 0 Å². The van der Waals surface area contributed by atoms with E-state index in [2.05, 4.69) is 15.9 Å². The Bertz CT molecular complexity index is 262. The van der Waals surface area contributed by atoms with Crippen LogP contribution in [0, 0.1) is 0 Å². The topological polar surface area (TPSA) is 105 Å². The highest BCUT2D eigenvalue weighted by atomic mass is 79.9. The minimum Gasteiger partial charge on any atom is -0.462 e. The molecule has 1 saturated heterocycles. The van der Waals surface area contributed by atoms with Gasteiger partial charge in [0.25, 0.3) is 0 Å². The van der Waals surface area contributed by atoms with Crippen molar-refractivity contribution in [3.63, 3.8) is 0 Å². The van der Waals surface area contributed by atoms with E-state index in [1.54, 1.807) is 0 Å². The lowest BCUT2D eigenvalue weighted by molar-refractivity contribution is -0.291. The number of alkyl halides is 1. The van der Waals surface area contributed by atoms with E-state index in [9.17, 15) is 20.1 Å². The van der Waals surface area contributed by atoms with Gasteiger partial charge < -0.3 is 29.5 Å². The summed E-state index contributed by atoms with van der Waals surface area (Å²) in [6, 6.07) is 0. The van der Waals surface area contributed by atoms with Crippen LogP contribution in [-0.4, -0.2) is 71.0 Å². The summed E-state index contributed by atoms with van der Waals surface area (Å²) in [5, 5.41) is 28.4. The average molecular weight is 315 g/mol. The molecule has 0 saturated carbocycles. The SMILES string of the molecule is CO[C@H]1[C@H](O)[C@H](O)[C@H](O)O[C@@H]1COC(=O)CBr. The lowest BCUT2D eigenvalue weighted by atomic mass is 9.99. The summed E-state index contributed by atoms with van der Waals surface area (Å²) in [5.41, 5.74) is 0. The second kappa shape index (κ2) is 6.62. The number of carbonyl (C=O) groups is 1. The van der Waals surface area contributed by atoms with E-state index in [1.165, 1.54) is 7.11 Å². The summed E-state index contributed by atoms with van der Waals surface area (Å²) < 4.78 is 14.7. The van der Waals surface area contributed by atoms with E-state index < -0.39 is 36.7 Å². The zero-order valence-corrected chi connectivity index (χ0v) is 10.7. The van der Waals surface area contributed by atoms with Crippen molar-refractivity contribution in [3.05, 3.63) is 0 Å². The maximum Gasteiger partial charge on any atom is 0.316 e. The van der Waals surface area contributed by atoms with Gasteiger partial charge in [-0.2, -0.15) is 0 Å². The van der Waals surface area contributed by atoms with Crippen molar-refractivity contribution >= 4 is 21.9 Å². The van der Waals surface area contributed by atoms with Gasteiger partial charge in [-0.15, -0.1) is 0 Å². The van der Waals surface area contributed by atoms with Gasteiger partial charge in [0.15, 0.2) is 6.29 Å². The van der Waals surface area contributed by atoms with E-state index in [0.717, 1.165) is 0 Å². The Morgan fingerprint density at radius 3 is 2.53 bits per heavy atom. The van der Waals surface area contributed by atoms with Crippen LogP contribution in [0.2, 0.25) is 0 Å². The van der Waals surface area contributed by atoms with E-state index >= 15 is 0 Å². The fourth-order valence-electron chi connectivity index (χ4n) is 1.56. The molecule has 0 aromatic heterocycles. The Hall–Kier alpha value is -0.250. The van der Waals surface area contributed by atoms with Gasteiger partial charge in [0.1, 0.15) is 36.4 Å². The number of hydrogen-bond acceptors (Lipinski definition) is 7. The lowest BCUT2D eigenvalue weighted by Crippen LogP contribution is -2.59. The third-order valence-corrected chi connectivity index (χ3v) is 2.91. The molecule has 1 aliphatic rings. The van der Waals surface area contributed by atoms with Gasteiger partial charge in [-0.1, -0.05) is 15.9 Å². The van der Waals surface area contributed by atoms with E-state index in [1.807, 2.05) is 0 Å². The van der Waals surface area contributed by atoms with Gasteiger partial charge in [0.05, 0.1) is 0 Å². The molecule has 3 N–H and O–H groups in total. The van der Waals surface area contributed by atoms with Crippen LogP contribution in [0.1, 0.15) is 0 Å². The third-order valence-electron chi connectivity index (χ3n) is 2.45. The molecule has 0 aliphatic carbocycles. The highest BCUT2D eigenvalue weighted by Crippen LogP contribution is 2.22. The molecule has 1 heterocycles. The molecule has 8 heteroatoms. The smallest absolute Gasteiger partial charge is 0.316 e. The number of hydrogen-bond donors (Lipinski definition) is 3. The number of rotatable bonds is 4. The van der Waals surface area contributed by atoms with E-state index in [4.69, 9.17) is 14.2 Å². The van der Waals surface area contributed by atoms with Gasteiger partial charge in [0, 0.05) is 7.11 Å². The van der Waals surface area contributed by atoms with Crippen LogP contribution in [0.3, 0.4) is 0 Å². The lowest BCUT2D eigenvalue weighted by Gasteiger charge is -2.39. The summed E-state index contributed by atoms with van der Waals surface area (Å²) in [4.78, 5) is 10.9. The molecule has 0 bridgehead atoms. The maximum atomic E-state index is 10.9. The third kappa shape index (κ3) is 3.60. The first-order chi connectivity index (χ1) is 8.01. The zero-order valence-electron chi connectivity index (χ0n) is 9.15. The molecule has 7 nitrogen and oxygen atoms in total. The molecule has 1 aliphatic heterocycles. The Morgan fingerprint density at radius 2 is 2.00 bits per heavy atom. The molecule has 0 aromatic rings. The van der Waals surface area contributed by atoms with Crippen LogP contribution in [0.15, 0.2) is 0 Å². The second-order valence-corrected chi connectivity index (χ2v) is 4.12. The first-order valence-electron chi connectivity index (χ1n) is 4.95. The number of aliphatic hydroxyl groups excluding tert-OH is 3. The molecule has 0 aromatic carbocycles. The molecular weight excluding hydrogens is 300 g/mol. The normalized spacial score (nSPS) is 37.8. The van der Waals surface area contributed by atoms with Crippen molar-refractivity contribution in [2.45, 2.75) is 30.7 Å². The summed E-state index contributed by atoms with van der Waals surface area (Å²) in [7, 11) is 1.32. The van der Waals surface area contributed by atoms with Gasteiger partial charge in [0.2, 0.25) is 0 Å². The molecule has 1 rings (SSSR count). The van der Waals surface area contributed by atoms with Crippen LogP contribution in [0.4, 0.5) is 0 Å². The van der Waals surface area contributed by atoms with Crippen molar-refractivity contribution in [1.29, 1.82) is 0 Å². The molecule has 0 radical (unpaired) electrons. The summed E-state index contributed by atoms with van der Waals surface area (Å²) in [5.74, 6) is -0.501. The summed E-state index contributed by atoms with van der Waals surface area (Å²) in [6.07, 6.45) is -6.02. The van der Waals surface area contributed by atoms with Crippen LogP contribution in [0.5, 0.6) is 0 Å². The summed E-state index contributed by atoms with van der Waals surface area (Å²) in [6.45, 7) is -0.177.